The molecule has 0 atom stereocenters. The number of anilines is 1. The summed E-state index contributed by atoms with van der Waals surface area (Å²) in [6, 6.07) is 19.6. The van der Waals surface area contributed by atoms with E-state index < -0.39 is 0 Å². The van der Waals surface area contributed by atoms with E-state index in [1.54, 1.807) is 4.90 Å². The van der Waals surface area contributed by atoms with Crippen molar-refractivity contribution >= 4 is 28.4 Å². The van der Waals surface area contributed by atoms with Gasteiger partial charge in [-0.15, -0.1) is 11.3 Å². The largest absolute Gasteiger partial charge is 0.510 e. The van der Waals surface area contributed by atoms with Crippen molar-refractivity contribution in [2.75, 3.05) is 11.4 Å². The Balaban J connectivity index is 1.66. The minimum atomic E-state index is 0.192. The molecule has 0 unspecified atom stereocenters. The van der Waals surface area contributed by atoms with Gasteiger partial charge in [0.15, 0.2) is 0 Å². The lowest BCUT2D eigenvalue weighted by Crippen LogP contribution is -2.25. The molecule has 1 aliphatic rings. The predicted molar refractivity (Wildman–Crippen MR) is 98.6 cm³/mol. The number of hydrogen-bond acceptors (Lipinski definition) is 4. The second kappa shape index (κ2) is 5.94. The maximum Gasteiger partial charge on any atom is 0.139 e. The second-order valence-electron chi connectivity index (χ2n) is 5.50. The fraction of sp³-hybridized carbons (Fsp3) is 0.0526. The Hall–Kier alpha value is -2.92. The number of benzene rings is 2. The lowest BCUT2D eigenvalue weighted by atomic mass is 10.2. The van der Waals surface area contributed by atoms with Crippen LogP contribution < -0.4 is 4.90 Å². The van der Waals surface area contributed by atoms with E-state index in [1.807, 2.05) is 66.0 Å². The maximum absolute atomic E-state index is 10.4. The molecular weight excluding hydrogens is 318 g/mol. The monoisotopic (exact) mass is 333 g/mol. The summed E-state index contributed by atoms with van der Waals surface area (Å²) in [5.74, 6) is 0.477. The van der Waals surface area contributed by atoms with Crippen LogP contribution in [0.5, 0.6) is 0 Å². The molecule has 24 heavy (non-hydrogen) atoms. The van der Waals surface area contributed by atoms with Crippen molar-refractivity contribution in [3.63, 3.8) is 0 Å². The summed E-state index contributed by atoms with van der Waals surface area (Å²) in [4.78, 5) is 6.41. The molecular formula is C19H15N3OS. The smallest absolute Gasteiger partial charge is 0.139 e. The van der Waals surface area contributed by atoms with Crippen LogP contribution in [0.15, 0.2) is 71.8 Å². The molecule has 2 aromatic carbocycles. The van der Waals surface area contributed by atoms with Gasteiger partial charge in [0.1, 0.15) is 16.6 Å². The fourth-order valence-electron chi connectivity index (χ4n) is 2.76. The molecule has 0 radical (unpaired) electrons. The van der Waals surface area contributed by atoms with Crippen LogP contribution in [0.4, 0.5) is 5.69 Å². The van der Waals surface area contributed by atoms with Crippen molar-refractivity contribution < 1.29 is 5.11 Å². The summed E-state index contributed by atoms with van der Waals surface area (Å²) in [6.07, 6.45) is 0. The molecule has 2 N–H and O–H groups in total. The van der Waals surface area contributed by atoms with Crippen LogP contribution >= 0.6 is 11.3 Å². The number of thiazole rings is 1. The van der Waals surface area contributed by atoms with Crippen molar-refractivity contribution in [1.82, 2.24) is 4.98 Å². The van der Waals surface area contributed by atoms with Crippen molar-refractivity contribution in [2.45, 2.75) is 0 Å². The van der Waals surface area contributed by atoms with Gasteiger partial charge < -0.3 is 10.0 Å². The van der Waals surface area contributed by atoms with E-state index in [-0.39, 0.29) is 11.6 Å². The number of para-hydroxylation sites is 1. The summed E-state index contributed by atoms with van der Waals surface area (Å²) >= 11 is 1.45. The Morgan fingerprint density at radius 2 is 1.67 bits per heavy atom. The Kier molecular flexibility index (Phi) is 3.63. The number of nitrogens with zero attached hydrogens (tertiary/aromatic N) is 2. The number of aliphatic hydroxyl groups excluding tert-OH is 1. The zero-order chi connectivity index (χ0) is 16.5. The van der Waals surface area contributed by atoms with Crippen LogP contribution in [0.2, 0.25) is 0 Å². The molecule has 0 aliphatic carbocycles. The summed E-state index contributed by atoms with van der Waals surface area (Å²) in [5.41, 5.74) is 3.31. The van der Waals surface area contributed by atoms with Crippen LogP contribution in [-0.2, 0) is 0 Å². The number of nitrogens with one attached hydrogen (secondary N) is 1. The van der Waals surface area contributed by atoms with E-state index in [0.29, 0.717) is 17.1 Å². The molecule has 0 fully saturated rings. The lowest BCUT2D eigenvalue weighted by Gasteiger charge is -2.18. The molecule has 4 nitrogen and oxygen atoms in total. The average Bonchev–Trinajstić information content (AvgIpc) is 3.21. The third kappa shape index (κ3) is 2.49. The summed E-state index contributed by atoms with van der Waals surface area (Å²) < 4.78 is 0. The van der Waals surface area contributed by atoms with Crippen LogP contribution in [-0.4, -0.2) is 22.5 Å². The SMILES string of the molecule is N=C1C(c2nc(-c3ccccc3)cs2)=C(O)CN1c1ccccc1. The molecule has 118 valence electrons. The van der Waals surface area contributed by atoms with E-state index in [2.05, 4.69) is 4.98 Å². The highest BCUT2D eigenvalue weighted by Crippen LogP contribution is 2.34. The zero-order valence-electron chi connectivity index (χ0n) is 12.8. The number of aromatic nitrogens is 1. The van der Waals surface area contributed by atoms with Crippen LogP contribution in [0.25, 0.3) is 16.8 Å². The Morgan fingerprint density at radius 1 is 1.00 bits per heavy atom. The van der Waals surface area contributed by atoms with Crippen LogP contribution in [0.3, 0.4) is 0 Å². The van der Waals surface area contributed by atoms with Crippen molar-refractivity contribution in [3.05, 3.63) is 76.8 Å². The third-order valence-electron chi connectivity index (χ3n) is 3.96. The highest BCUT2D eigenvalue weighted by molar-refractivity contribution is 7.11. The lowest BCUT2D eigenvalue weighted by molar-refractivity contribution is 0.411. The number of amidine groups is 1. The standard InChI is InChI=1S/C19H15N3OS/c20-18-17(16(23)11-22(18)14-9-5-2-6-10-14)19-21-15(12-24-19)13-7-3-1-4-8-13/h1-10,12,20,23H,11H2. The van der Waals surface area contributed by atoms with Gasteiger partial charge in [0.2, 0.25) is 0 Å². The van der Waals surface area contributed by atoms with Crippen LogP contribution in [0.1, 0.15) is 5.01 Å². The van der Waals surface area contributed by atoms with Gasteiger partial charge in [0, 0.05) is 16.6 Å². The van der Waals surface area contributed by atoms with Gasteiger partial charge in [-0.2, -0.15) is 0 Å². The molecule has 1 aromatic heterocycles. The van der Waals surface area contributed by atoms with E-state index in [0.717, 1.165) is 16.9 Å². The first-order valence-corrected chi connectivity index (χ1v) is 8.47. The van der Waals surface area contributed by atoms with Crippen molar-refractivity contribution in [1.29, 1.82) is 5.41 Å². The molecule has 0 amide bonds. The summed E-state index contributed by atoms with van der Waals surface area (Å²) in [7, 11) is 0. The topological polar surface area (TPSA) is 60.2 Å². The number of hydrogen-bond donors (Lipinski definition) is 2. The number of rotatable bonds is 3. The molecule has 5 heteroatoms. The molecule has 0 saturated carbocycles. The molecule has 0 saturated heterocycles. The minimum Gasteiger partial charge on any atom is -0.510 e. The van der Waals surface area contributed by atoms with E-state index in [1.165, 1.54) is 11.3 Å². The highest BCUT2D eigenvalue weighted by atomic mass is 32.1. The zero-order valence-corrected chi connectivity index (χ0v) is 13.6. The molecule has 0 bridgehead atoms. The summed E-state index contributed by atoms with van der Waals surface area (Å²) in [6.45, 7) is 0.304. The van der Waals surface area contributed by atoms with Gasteiger partial charge in [0.25, 0.3) is 0 Å². The predicted octanol–water partition coefficient (Wildman–Crippen LogP) is 4.58. The van der Waals surface area contributed by atoms with Gasteiger partial charge in [-0.25, -0.2) is 4.98 Å². The van der Waals surface area contributed by atoms with E-state index in [4.69, 9.17) is 5.41 Å². The number of aliphatic hydroxyl groups is 1. The maximum atomic E-state index is 10.4. The first-order chi connectivity index (χ1) is 11.7. The van der Waals surface area contributed by atoms with Crippen LogP contribution in [0, 0.1) is 5.41 Å². The third-order valence-corrected chi connectivity index (χ3v) is 4.82. The average molecular weight is 333 g/mol. The van der Waals surface area contributed by atoms with Crippen molar-refractivity contribution in [3.8, 4) is 11.3 Å². The van der Waals surface area contributed by atoms with Gasteiger partial charge in [0.05, 0.1) is 17.8 Å². The first-order valence-electron chi connectivity index (χ1n) is 7.59. The molecule has 2 heterocycles. The van der Waals surface area contributed by atoms with Gasteiger partial charge in [-0.1, -0.05) is 48.5 Å². The molecule has 1 aliphatic heterocycles. The van der Waals surface area contributed by atoms with Crippen molar-refractivity contribution in [2.24, 2.45) is 0 Å². The Labute approximate surface area is 143 Å². The quantitative estimate of drug-likeness (QED) is 0.738. The molecule has 3 aromatic rings. The molecule has 0 spiro atoms. The van der Waals surface area contributed by atoms with Gasteiger partial charge >= 0.3 is 0 Å². The molecule has 4 rings (SSSR count). The van der Waals surface area contributed by atoms with Gasteiger partial charge in [-0.3, -0.25) is 5.41 Å². The van der Waals surface area contributed by atoms with E-state index >= 15 is 0 Å². The minimum absolute atomic E-state index is 0.192. The van der Waals surface area contributed by atoms with E-state index in [9.17, 15) is 5.11 Å². The fourth-order valence-corrected chi connectivity index (χ4v) is 3.66. The first kappa shape index (κ1) is 14.7. The Morgan fingerprint density at radius 3 is 2.38 bits per heavy atom. The Bertz CT molecular complexity index is 916. The normalized spacial score (nSPS) is 14.5. The highest BCUT2D eigenvalue weighted by Gasteiger charge is 2.31. The van der Waals surface area contributed by atoms with Gasteiger partial charge in [-0.05, 0) is 12.1 Å². The summed E-state index contributed by atoms with van der Waals surface area (Å²) in [5, 5.41) is 21.5. The second-order valence-corrected chi connectivity index (χ2v) is 6.35.